The Balaban J connectivity index is 2.97. The van der Waals surface area contributed by atoms with Crippen molar-refractivity contribution in [1.82, 2.24) is 0 Å². The van der Waals surface area contributed by atoms with Crippen LogP contribution in [0.2, 0.25) is 0 Å². The molecule has 0 radical (unpaired) electrons. The van der Waals surface area contributed by atoms with Crippen molar-refractivity contribution in [3.8, 4) is 5.75 Å². The van der Waals surface area contributed by atoms with Gasteiger partial charge in [0.1, 0.15) is 11.0 Å². The molecule has 0 aliphatic rings. The van der Waals surface area contributed by atoms with E-state index in [1.165, 1.54) is 14.0 Å². The lowest BCUT2D eigenvalue weighted by Gasteiger charge is -2.08. The summed E-state index contributed by atoms with van der Waals surface area (Å²) in [6.07, 6.45) is 1.05. The molecule has 0 aliphatic heterocycles. The number of ketones is 1. The van der Waals surface area contributed by atoms with Gasteiger partial charge in [0.25, 0.3) is 0 Å². The molecule has 0 amide bonds. The predicted molar refractivity (Wildman–Crippen MR) is 61.6 cm³/mol. The fourth-order valence-electron chi connectivity index (χ4n) is 1.18. The van der Waals surface area contributed by atoms with E-state index in [0.29, 0.717) is 11.3 Å². The Morgan fingerprint density at radius 1 is 1.25 bits per heavy atom. The highest BCUT2D eigenvalue weighted by atomic mass is 32.2. The summed E-state index contributed by atoms with van der Waals surface area (Å²) < 4.78 is 27.4. The summed E-state index contributed by atoms with van der Waals surface area (Å²) in [5.41, 5.74) is 0.374. The van der Waals surface area contributed by atoms with E-state index in [1.54, 1.807) is 24.3 Å². The largest absolute Gasteiger partial charge is 0.497 e. The van der Waals surface area contributed by atoms with E-state index < -0.39 is 20.9 Å². The van der Waals surface area contributed by atoms with Gasteiger partial charge in [0, 0.05) is 11.8 Å². The van der Waals surface area contributed by atoms with Crippen molar-refractivity contribution in [3.05, 3.63) is 29.8 Å². The third-order valence-corrected chi connectivity index (χ3v) is 3.88. The zero-order valence-corrected chi connectivity index (χ0v) is 10.2. The van der Waals surface area contributed by atoms with Gasteiger partial charge in [0.15, 0.2) is 15.6 Å². The van der Waals surface area contributed by atoms with Gasteiger partial charge in [0.05, 0.1) is 7.11 Å². The SMILES string of the molecule is COc1ccc(C(=O)[C@@H](C)S(C)(=O)=O)cc1. The van der Waals surface area contributed by atoms with Crippen molar-refractivity contribution in [2.45, 2.75) is 12.2 Å². The van der Waals surface area contributed by atoms with Crippen molar-refractivity contribution in [1.29, 1.82) is 0 Å². The number of benzene rings is 1. The molecule has 0 aliphatic carbocycles. The lowest BCUT2D eigenvalue weighted by molar-refractivity contribution is 0.0991. The molecule has 0 unspecified atom stereocenters. The van der Waals surface area contributed by atoms with E-state index in [1.807, 2.05) is 0 Å². The van der Waals surface area contributed by atoms with E-state index in [9.17, 15) is 13.2 Å². The molecular formula is C11H14O4S. The average Bonchev–Trinajstić information content (AvgIpc) is 2.26. The Bertz CT molecular complexity index is 473. The second-order valence-corrected chi connectivity index (χ2v) is 5.93. The van der Waals surface area contributed by atoms with Crippen LogP contribution in [0.15, 0.2) is 24.3 Å². The molecule has 1 atom stereocenters. The standard InChI is InChI=1S/C11H14O4S/c1-8(16(3,13)14)11(12)9-4-6-10(15-2)7-5-9/h4-8H,1-3H3/t8-/m1/s1. The zero-order chi connectivity index (χ0) is 12.3. The van der Waals surface area contributed by atoms with Crippen molar-refractivity contribution in [3.63, 3.8) is 0 Å². The van der Waals surface area contributed by atoms with Crippen LogP contribution in [0.1, 0.15) is 17.3 Å². The van der Waals surface area contributed by atoms with Crippen LogP contribution in [0.25, 0.3) is 0 Å². The van der Waals surface area contributed by atoms with Crippen LogP contribution in [-0.2, 0) is 9.84 Å². The summed E-state index contributed by atoms with van der Waals surface area (Å²) in [5, 5.41) is -1.01. The van der Waals surface area contributed by atoms with E-state index in [2.05, 4.69) is 0 Å². The van der Waals surface area contributed by atoms with Gasteiger partial charge in [-0.2, -0.15) is 0 Å². The first kappa shape index (κ1) is 12.7. The van der Waals surface area contributed by atoms with Crippen molar-refractivity contribution >= 4 is 15.6 Å². The second kappa shape index (κ2) is 4.65. The van der Waals surface area contributed by atoms with Crippen LogP contribution in [-0.4, -0.2) is 32.8 Å². The normalized spacial score (nSPS) is 13.2. The van der Waals surface area contributed by atoms with Gasteiger partial charge in [-0.25, -0.2) is 8.42 Å². The van der Waals surface area contributed by atoms with Gasteiger partial charge in [-0.3, -0.25) is 4.79 Å². The number of rotatable bonds is 4. The Morgan fingerprint density at radius 2 is 1.75 bits per heavy atom. The quantitative estimate of drug-likeness (QED) is 0.747. The molecule has 0 N–H and O–H groups in total. The van der Waals surface area contributed by atoms with Crippen LogP contribution < -0.4 is 4.74 Å². The minimum Gasteiger partial charge on any atom is -0.497 e. The number of methoxy groups -OCH3 is 1. The van der Waals surface area contributed by atoms with Crippen LogP contribution in [0, 0.1) is 0 Å². The molecule has 5 heteroatoms. The first-order valence-corrected chi connectivity index (χ1v) is 6.69. The highest BCUT2D eigenvalue weighted by Crippen LogP contribution is 2.14. The molecule has 0 spiro atoms. The monoisotopic (exact) mass is 242 g/mol. The molecule has 0 bridgehead atoms. The first-order valence-electron chi connectivity index (χ1n) is 4.73. The molecule has 0 saturated heterocycles. The van der Waals surface area contributed by atoms with Gasteiger partial charge >= 0.3 is 0 Å². The minimum atomic E-state index is -3.35. The van der Waals surface area contributed by atoms with Crippen LogP contribution >= 0.6 is 0 Å². The number of ether oxygens (including phenoxy) is 1. The molecule has 1 aromatic carbocycles. The maximum Gasteiger partial charge on any atom is 0.180 e. The summed E-state index contributed by atoms with van der Waals surface area (Å²) in [6.45, 7) is 1.39. The third-order valence-electron chi connectivity index (χ3n) is 2.39. The molecule has 0 aromatic heterocycles. The average molecular weight is 242 g/mol. The fraction of sp³-hybridized carbons (Fsp3) is 0.364. The van der Waals surface area contributed by atoms with Crippen molar-refractivity contribution in [2.75, 3.05) is 13.4 Å². The third kappa shape index (κ3) is 2.82. The smallest absolute Gasteiger partial charge is 0.180 e. The van der Waals surface area contributed by atoms with E-state index in [0.717, 1.165) is 6.26 Å². The predicted octanol–water partition coefficient (Wildman–Crippen LogP) is 1.31. The van der Waals surface area contributed by atoms with E-state index in [4.69, 9.17) is 4.74 Å². The zero-order valence-electron chi connectivity index (χ0n) is 9.43. The molecule has 4 nitrogen and oxygen atoms in total. The minimum absolute atomic E-state index is 0.374. The van der Waals surface area contributed by atoms with Crippen molar-refractivity contribution < 1.29 is 17.9 Å². The van der Waals surface area contributed by atoms with Gasteiger partial charge in [-0.15, -0.1) is 0 Å². The molecular weight excluding hydrogens is 228 g/mol. The van der Waals surface area contributed by atoms with E-state index >= 15 is 0 Å². The Hall–Kier alpha value is -1.36. The number of sulfone groups is 1. The lowest BCUT2D eigenvalue weighted by Crippen LogP contribution is -2.26. The molecule has 1 aromatic rings. The summed E-state index contributed by atoms with van der Waals surface area (Å²) in [6, 6.07) is 6.37. The van der Waals surface area contributed by atoms with Crippen molar-refractivity contribution in [2.24, 2.45) is 0 Å². The Morgan fingerprint density at radius 3 is 2.12 bits per heavy atom. The highest BCUT2D eigenvalue weighted by Gasteiger charge is 2.24. The molecule has 0 saturated carbocycles. The molecule has 1 rings (SSSR count). The molecule has 0 heterocycles. The number of carbonyl (C=O) groups excluding carboxylic acids is 1. The maximum atomic E-state index is 11.8. The lowest BCUT2D eigenvalue weighted by atomic mass is 10.1. The molecule has 16 heavy (non-hydrogen) atoms. The topological polar surface area (TPSA) is 60.4 Å². The molecule has 0 fully saturated rings. The number of hydrogen-bond acceptors (Lipinski definition) is 4. The van der Waals surface area contributed by atoms with Gasteiger partial charge < -0.3 is 4.74 Å². The van der Waals surface area contributed by atoms with Gasteiger partial charge in [0.2, 0.25) is 0 Å². The summed E-state index contributed by atoms with van der Waals surface area (Å²) in [4.78, 5) is 11.8. The Labute approximate surface area is 95.2 Å². The fourth-order valence-corrected chi connectivity index (χ4v) is 1.71. The van der Waals surface area contributed by atoms with Crippen LogP contribution in [0.3, 0.4) is 0 Å². The molecule has 88 valence electrons. The number of hydrogen-bond donors (Lipinski definition) is 0. The van der Waals surface area contributed by atoms with Crippen LogP contribution in [0.4, 0.5) is 0 Å². The van der Waals surface area contributed by atoms with E-state index in [-0.39, 0.29) is 0 Å². The van der Waals surface area contributed by atoms with Gasteiger partial charge in [-0.1, -0.05) is 0 Å². The summed E-state index contributed by atoms with van der Waals surface area (Å²) >= 11 is 0. The second-order valence-electron chi connectivity index (χ2n) is 3.56. The first-order chi connectivity index (χ1) is 7.36. The Kier molecular flexibility index (Phi) is 3.70. The number of Topliss-reactive ketones (excluding diaryl/α,β-unsaturated/α-hetero) is 1. The highest BCUT2D eigenvalue weighted by molar-refractivity contribution is 7.92. The number of carbonyl (C=O) groups is 1. The summed E-state index contributed by atoms with van der Waals surface area (Å²) in [7, 11) is -1.82. The van der Waals surface area contributed by atoms with Crippen LogP contribution in [0.5, 0.6) is 5.75 Å². The van der Waals surface area contributed by atoms with Gasteiger partial charge in [-0.05, 0) is 31.2 Å². The summed E-state index contributed by atoms with van der Waals surface area (Å²) in [5.74, 6) is 0.230. The maximum absolute atomic E-state index is 11.8.